The quantitative estimate of drug-likeness (QED) is 0.606. The lowest BCUT2D eigenvalue weighted by molar-refractivity contribution is -0.180. The van der Waals surface area contributed by atoms with Crippen LogP contribution in [0, 0.1) is 11.7 Å². The maximum Gasteiger partial charge on any atom is 0.471 e. The molecule has 1 aliphatic carbocycles. The number of carbonyl (C=O) groups is 1. The Kier molecular flexibility index (Phi) is 4.46. The van der Waals surface area contributed by atoms with Crippen molar-refractivity contribution >= 4 is 5.91 Å². The largest absolute Gasteiger partial charge is 0.471 e. The van der Waals surface area contributed by atoms with Crippen molar-refractivity contribution in [3.63, 3.8) is 0 Å². The van der Waals surface area contributed by atoms with E-state index in [0.717, 1.165) is 24.0 Å². The molecule has 10 heteroatoms. The van der Waals surface area contributed by atoms with Crippen LogP contribution in [0.2, 0.25) is 0 Å². The molecule has 25 heavy (non-hydrogen) atoms. The molecule has 2 aromatic rings. The van der Waals surface area contributed by atoms with Gasteiger partial charge < -0.3 is 4.52 Å². The van der Waals surface area contributed by atoms with Crippen LogP contribution in [0.3, 0.4) is 0 Å². The van der Waals surface area contributed by atoms with Crippen molar-refractivity contribution in [1.29, 1.82) is 0 Å². The average molecular weight is 359 g/mol. The van der Waals surface area contributed by atoms with E-state index in [2.05, 4.69) is 14.7 Å². The monoisotopic (exact) mass is 359 g/mol. The molecule has 1 saturated carbocycles. The van der Waals surface area contributed by atoms with Gasteiger partial charge in [0.15, 0.2) is 0 Å². The first kappa shape index (κ1) is 17.3. The Hall–Kier alpha value is -2.49. The van der Waals surface area contributed by atoms with Gasteiger partial charge in [-0.05, 0) is 30.5 Å². The van der Waals surface area contributed by atoms with Gasteiger partial charge in [0.25, 0.3) is 0 Å². The number of hydrogen-bond acceptors (Lipinski definition) is 5. The van der Waals surface area contributed by atoms with E-state index in [9.17, 15) is 22.4 Å². The van der Waals surface area contributed by atoms with Crippen molar-refractivity contribution in [2.45, 2.75) is 25.6 Å². The van der Waals surface area contributed by atoms with Crippen LogP contribution in [0.5, 0.6) is 0 Å². The van der Waals surface area contributed by atoms with E-state index in [1.54, 1.807) is 0 Å². The fourth-order valence-electron chi connectivity index (χ4n) is 2.22. The number of halogens is 4. The molecule has 134 valence electrons. The van der Waals surface area contributed by atoms with Crippen LogP contribution in [-0.4, -0.2) is 28.2 Å². The van der Waals surface area contributed by atoms with Crippen LogP contribution in [0.4, 0.5) is 17.6 Å². The number of alkyl halides is 3. The van der Waals surface area contributed by atoms with Gasteiger partial charge in [0.1, 0.15) is 5.82 Å². The highest BCUT2D eigenvalue weighted by molar-refractivity contribution is 5.80. The van der Waals surface area contributed by atoms with Crippen molar-refractivity contribution in [3.05, 3.63) is 35.5 Å². The molecule has 0 radical (unpaired) electrons. The van der Waals surface area contributed by atoms with Crippen LogP contribution in [-0.2, 0) is 22.4 Å². The second kappa shape index (κ2) is 6.43. The van der Waals surface area contributed by atoms with E-state index in [4.69, 9.17) is 4.84 Å². The summed E-state index contributed by atoms with van der Waals surface area (Å²) in [6.45, 7) is 0.0169. The highest BCUT2D eigenvalue weighted by Crippen LogP contribution is 2.32. The van der Waals surface area contributed by atoms with E-state index in [-0.39, 0.29) is 23.9 Å². The van der Waals surface area contributed by atoms with Gasteiger partial charge in [-0.2, -0.15) is 18.2 Å². The SMILES string of the molecule is CON(Cc1ccc(-c2noc(C(F)(F)F)n2)c(F)c1)C(=O)C1CC1. The van der Waals surface area contributed by atoms with E-state index in [0.29, 0.717) is 5.56 Å². The second-order valence-electron chi connectivity index (χ2n) is 5.57. The molecule has 0 N–H and O–H groups in total. The van der Waals surface area contributed by atoms with Crippen LogP contribution < -0.4 is 0 Å². The number of aromatic nitrogens is 2. The first-order valence-electron chi connectivity index (χ1n) is 7.34. The maximum absolute atomic E-state index is 14.2. The minimum atomic E-state index is -4.80. The molecule has 1 heterocycles. The highest BCUT2D eigenvalue weighted by atomic mass is 19.4. The van der Waals surface area contributed by atoms with Crippen LogP contribution >= 0.6 is 0 Å². The second-order valence-corrected chi connectivity index (χ2v) is 5.57. The molecule has 0 saturated heterocycles. The normalized spacial score (nSPS) is 14.6. The van der Waals surface area contributed by atoms with Crippen molar-refractivity contribution in [1.82, 2.24) is 15.2 Å². The standard InChI is InChI=1S/C15H13F4N3O3/c1-24-22(13(23)9-3-4-9)7-8-2-5-10(11(16)6-8)12-20-14(25-21-12)15(17,18)19/h2,5-6,9H,3-4,7H2,1H3. The highest BCUT2D eigenvalue weighted by Gasteiger charge is 2.39. The molecule has 3 rings (SSSR count). The zero-order chi connectivity index (χ0) is 18.2. The lowest BCUT2D eigenvalue weighted by Gasteiger charge is -2.19. The Labute approximate surface area is 139 Å². The molecular weight excluding hydrogens is 346 g/mol. The van der Waals surface area contributed by atoms with Gasteiger partial charge in [-0.1, -0.05) is 11.2 Å². The Balaban J connectivity index is 1.78. The summed E-state index contributed by atoms with van der Waals surface area (Å²) in [5, 5.41) is 4.27. The van der Waals surface area contributed by atoms with E-state index < -0.39 is 23.7 Å². The summed E-state index contributed by atoms with van der Waals surface area (Å²) in [5.74, 6) is -3.13. The van der Waals surface area contributed by atoms with Gasteiger partial charge in [-0.25, -0.2) is 9.45 Å². The zero-order valence-electron chi connectivity index (χ0n) is 13.0. The molecule has 0 spiro atoms. The van der Waals surface area contributed by atoms with Crippen molar-refractivity contribution in [2.75, 3.05) is 7.11 Å². The summed E-state index contributed by atoms with van der Waals surface area (Å²) in [5.41, 5.74) is 0.178. The maximum atomic E-state index is 14.2. The first-order chi connectivity index (χ1) is 11.8. The Morgan fingerprint density at radius 2 is 2.12 bits per heavy atom. The zero-order valence-corrected chi connectivity index (χ0v) is 13.0. The number of nitrogens with zero attached hydrogens (tertiary/aromatic N) is 3. The lowest BCUT2D eigenvalue weighted by atomic mass is 10.1. The summed E-state index contributed by atoms with van der Waals surface area (Å²) in [4.78, 5) is 20.1. The third-order valence-electron chi connectivity index (χ3n) is 3.66. The number of amides is 1. The molecule has 0 unspecified atom stereocenters. The van der Waals surface area contributed by atoms with E-state index >= 15 is 0 Å². The molecule has 1 fully saturated rings. The summed E-state index contributed by atoms with van der Waals surface area (Å²) in [7, 11) is 1.34. The Morgan fingerprint density at radius 1 is 1.40 bits per heavy atom. The number of hydroxylamine groups is 2. The molecular formula is C15H13F4N3O3. The van der Waals surface area contributed by atoms with E-state index in [1.165, 1.54) is 19.2 Å². The topological polar surface area (TPSA) is 68.5 Å². The van der Waals surface area contributed by atoms with Gasteiger partial charge in [0, 0.05) is 5.92 Å². The van der Waals surface area contributed by atoms with Crippen LogP contribution in [0.15, 0.2) is 22.7 Å². The molecule has 6 nitrogen and oxygen atoms in total. The number of rotatable bonds is 5. The van der Waals surface area contributed by atoms with Crippen LogP contribution in [0.1, 0.15) is 24.3 Å². The minimum absolute atomic E-state index is 0.0169. The third-order valence-corrected chi connectivity index (χ3v) is 3.66. The molecule has 0 aliphatic heterocycles. The third kappa shape index (κ3) is 3.78. The number of carbonyl (C=O) groups excluding carboxylic acids is 1. The van der Waals surface area contributed by atoms with Crippen LogP contribution in [0.25, 0.3) is 11.4 Å². The molecule has 0 atom stereocenters. The van der Waals surface area contributed by atoms with Gasteiger partial charge in [0.2, 0.25) is 11.7 Å². The lowest BCUT2D eigenvalue weighted by Crippen LogP contribution is -2.30. The molecule has 1 aliphatic rings. The van der Waals surface area contributed by atoms with Gasteiger partial charge >= 0.3 is 12.1 Å². The predicted octanol–water partition coefficient (Wildman–Crippen LogP) is 3.19. The van der Waals surface area contributed by atoms with E-state index in [1.807, 2.05) is 0 Å². The Bertz CT molecular complexity index is 787. The fourth-order valence-corrected chi connectivity index (χ4v) is 2.22. The van der Waals surface area contributed by atoms with Gasteiger partial charge in [-0.15, -0.1) is 0 Å². The summed E-state index contributed by atoms with van der Waals surface area (Å²) < 4.78 is 55.7. The molecule has 1 aromatic heterocycles. The average Bonchev–Trinajstić information content (AvgIpc) is 3.28. The summed E-state index contributed by atoms with van der Waals surface area (Å²) in [6.07, 6.45) is -3.21. The molecule has 1 amide bonds. The smallest absolute Gasteiger partial charge is 0.329 e. The first-order valence-corrected chi connectivity index (χ1v) is 7.34. The van der Waals surface area contributed by atoms with Crippen molar-refractivity contribution < 1.29 is 31.7 Å². The van der Waals surface area contributed by atoms with Crippen molar-refractivity contribution in [2.24, 2.45) is 5.92 Å². The summed E-state index contributed by atoms with van der Waals surface area (Å²) >= 11 is 0. The fraction of sp³-hybridized carbons (Fsp3) is 0.400. The molecule has 1 aromatic carbocycles. The predicted molar refractivity (Wildman–Crippen MR) is 75.0 cm³/mol. The number of hydrogen-bond donors (Lipinski definition) is 0. The summed E-state index contributed by atoms with van der Waals surface area (Å²) in [6, 6.07) is 3.77. The molecule has 0 bridgehead atoms. The Morgan fingerprint density at radius 3 is 2.64 bits per heavy atom. The van der Waals surface area contributed by atoms with Gasteiger partial charge in [-0.3, -0.25) is 9.63 Å². The van der Waals surface area contributed by atoms with Gasteiger partial charge in [0.05, 0.1) is 19.2 Å². The minimum Gasteiger partial charge on any atom is -0.329 e. The van der Waals surface area contributed by atoms with Crippen molar-refractivity contribution in [3.8, 4) is 11.4 Å². The number of benzene rings is 1.